The van der Waals surface area contributed by atoms with Gasteiger partial charge in [-0.3, -0.25) is 4.79 Å². The van der Waals surface area contributed by atoms with Gasteiger partial charge in [-0.05, 0) is 28.5 Å². The van der Waals surface area contributed by atoms with Gasteiger partial charge in [0.15, 0.2) is 5.82 Å². The first kappa shape index (κ1) is 15.0. The summed E-state index contributed by atoms with van der Waals surface area (Å²) in [4.78, 5) is 10.8. The number of nitrogens with zero attached hydrogens (tertiary/aromatic N) is 4. The van der Waals surface area contributed by atoms with Gasteiger partial charge in [0.25, 0.3) is 0 Å². The summed E-state index contributed by atoms with van der Waals surface area (Å²) in [6.07, 6.45) is 0.862. The fourth-order valence-electron chi connectivity index (χ4n) is 1.96. The Morgan fingerprint density at radius 2 is 2.14 bits per heavy atom. The average molecular weight is 290 g/mol. The number of ether oxygens (including phenoxy) is 1. The lowest BCUT2D eigenvalue weighted by Gasteiger charge is -2.13. The van der Waals surface area contributed by atoms with E-state index in [1.807, 2.05) is 37.3 Å². The van der Waals surface area contributed by atoms with E-state index in [0.29, 0.717) is 12.4 Å². The van der Waals surface area contributed by atoms with Crippen LogP contribution in [0.4, 0.5) is 0 Å². The highest BCUT2D eigenvalue weighted by molar-refractivity contribution is 5.66. The van der Waals surface area contributed by atoms with E-state index in [-0.39, 0.29) is 18.9 Å². The fourth-order valence-corrected chi connectivity index (χ4v) is 1.96. The summed E-state index contributed by atoms with van der Waals surface area (Å²) in [5, 5.41) is 20.3. The van der Waals surface area contributed by atoms with Crippen molar-refractivity contribution in [3.63, 3.8) is 0 Å². The van der Waals surface area contributed by atoms with E-state index in [9.17, 15) is 4.79 Å². The van der Waals surface area contributed by atoms with Crippen LogP contribution in [0.2, 0.25) is 0 Å². The molecule has 0 saturated carbocycles. The van der Waals surface area contributed by atoms with Crippen LogP contribution in [-0.4, -0.2) is 31.3 Å². The third-order valence-electron chi connectivity index (χ3n) is 3.19. The van der Waals surface area contributed by atoms with Gasteiger partial charge in [-0.25, -0.2) is 4.68 Å². The Hall–Kier alpha value is -2.44. The molecular formula is C14H18N4O3. The maximum atomic E-state index is 10.8. The zero-order valence-electron chi connectivity index (χ0n) is 11.8. The zero-order valence-corrected chi connectivity index (χ0v) is 11.8. The number of para-hydroxylation sites is 1. The highest BCUT2D eigenvalue weighted by atomic mass is 16.5. The number of tetrazole rings is 1. The first-order valence-corrected chi connectivity index (χ1v) is 6.83. The number of aromatic nitrogens is 4. The normalized spacial score (nSPS) is 12.0. The molecule has 0 radical (unpaired) electrons. The number of hydrogen-bond donors (Lipinski definition) is 1. The van der Waals surface area contributed by atoms with Crippen molar-refractivity contribution in [1.82, 2.24) is 20.2 Å². The molecule has 0 saturated heterocycles. The number of hydrogen-bond acceptors (Lipinski definition) is 5. The molecule has 1 N–H and O–H groups in total. The Labute approximate surface area is 122 Å². The molecule has 0 aliphatic rings. The van der Waals surface area contributed by atoms with Crippen LogP contribution in [0.3, 0.4) is 0 Å². The average Bonchev–Trinajstić information content (AvgIpc) is 2.92. The number of carboxylic acids is 1. The van der Waals surface area contributed by atoms with Gasteiger partial charge < -0.3 is 9.84 Å². The van der Waals surface area contributed by atoms with Crippen molar-refractivity contribution in [2.45, 2.75) is 32.9 Å². The Morgan fingerprint density at radius 3 is 2.81 bits per heavy atom. The highest BCUT2D eigenvalue weighted by Crippen LogP contribution is 2.13. The standard InChI is InChI=1S/C14H18N4O3/c1-2-11(8-14(19)20)9-18-13(15-16-17-18)10-21-12-6-4-3-5-7-12/h3-7,11H,2,8-10H2,1H3,(H,19,20). The zero-order chi connectivity index (χ0) is 15.1. The minimum atomic E-state index is -0.808. The molecule has 7 heteroatoms. The number of aliphatic carboxylic acids is 1. The van der Waals surface area contributed by atoms with E-state index >= 15 is 0 Å². The predicted octanol–water partition coefficient (Wildman–Crippen LogP) is 1.75. The summed E-state index contributed by atoms with van der Waals surface area (Å²) in [6.45, 7) is 2.68. The summed E-state index contributed by atoms with van der Waals surface area (Å²) in [5.41, 5.74) is 0. The van der Waals surface area contributed by atoms with Crippen LogP contribution in [0, 0.1) is 5.92 Å². The number of rotatable bonds is 8. The third kappa shape index (κ3) is 4.55. The smallest absolute Gasteiger partial charge is 0.303 e. The first-order valence-electron chi connectivity index (χ1n) is 6.83. The molecular weight excluding hydrogens is 272 g/mol. The lowest BCUT2D eigenvalue weighted by atomic mass is 10.0. The van der Waals surface area contributed by atoms with E-state index in [2.05, 4.69) is 15.5 Å². The largest absolute Gasteiger partial charge is 0.486 e. The van der Waals surface area contributed by atoms with E-state index in [1.54, 1.807) is 4.68 Å². The topological polar surface area (TPSA) is 90.1 Å². The Balaban J connectivity index is 1.96. The minimum absolute atomic E-state index is 0.00137. The van der Waals surface area contributed by atoms with Gasteiger partial charge in [0.05, 0.1) is 0 Å². The summed E-state index contributed by atoms with van der Waals surface area (Å²) < 4.78 is 7.22. The fraction of sp³-hybridized carbons (Fsp3) is 0.429. The van der Waals surface area contributed by atoms with Crippen LogP contribution in [-0.2, 0) is 17.9 Å². The van der Waals surface area contributed by atoms with Gasteiger partial charge in [0, 0.05) is 13.0 Å². The molecule has 21 heavy (non-hydrogen) atoms. The van der Waals surface area contributed by atoms with Crippen molar-refractivity contribution >= 4 is 5.97 Å². The molecule has 1 aromatic carbocycles. The molecule has 0 fully saturated rings. The van der Waals surface area contributed by atoms with E-state index in [4.69, 9.17) is 9.84 Å². The lowest BCUT2D eigenvalue weighted by molar-refractivity contribution is -0.138. The molecule has 1 atom stereocenters. The van der Waals surface area contributed by atoms with Crippen molar-refractivity contribution in [3.05, 3.63) is 36.2 Å². The van der Waals surface area contributed by atoms with Crippen LogP contribution in [0.15, 0.2) is 30.3 Å². The van der Waals surface area contributed by atoms with Crippen molar-refractivity contribution in [1.29, 1.82) is 0 Å². The molecule has 0 spiro atoms. The molecule has 0 aliphatic carbocycles. The van der Waals surface area contributed by atoms with Crippen LogP contribution >= 0.6 is 0 Å². The van der Waals surface area contributed by atoms with Gasteiger partial charge in [-0.15, -0.1) is 5.10 Å². The summed E-state index contributed by atoms with van der Waals surface area (Å²) in [7, 11) is 0. The maximum Gasteiger partial charge on any atom is 0.303 e. The summed E-state index contributed by atoms with van der Waals surface area (Å²) in [6, 6.07) is 9.39. The van der Waals surface area contributed by atoms with Crippen molar-refractivity contribution in [2.24, 2.45) is 5.92 Å². The van der Waals surface area contributed by atoms with Crippen LogP contribution in [0.1, 0.15) is 25.6 Å². The van der Waals surface area contributed by atoms with Crippen LogP contribution in [0.5, 0.6) is 5.75 Å². The Bertz CT molecular complexity index is 571. The highest BCUT2D eigenvalue weighted by Gasteiger charge is 2.15. The molecule has 0 amide bonds. The number of carbonyl (C=O) groups is 1. The SMILES string of the molecule is CCC(CC(=O)O)Cn1nnnc1COc1ccccc1. The van der Waals surface area contributed by atoms with Gasteiger partial charge in [0.2, 0.25) is 0 Å². The molecule has 2 rings (SSSR count). The number of carboxylic acid groups (broad SMARTS) is 1. The van der Waals surface area contributed by atoms with E-state index in [0.717, 1.165) is 12.2 Å². The first-order chi connectivity index (χ1) is 10.2. The molecule has 112 valence electrons. The predicted molar refractivity (Wildman–Crippen MR) is 74.6 cm³/mol. The van der Waals surface area contributed by atoms with E-state index in [1.165, 1.54) is 0 Å². The van der Waals surface area contributed by atoms with Crippen molar-refractivity contribution in [2.75, 3.05) is 0 Å². The minimum Gasteiger partial charge on any atom is -0.486 e. The van der Waals surface area contributed by atoms with Crippen molar-refractivity contribution in [3.8, 4) is 5.75 Å². The van der Waals surface area contributed by atoms with Gasteiger partial charge >= 0.3 is 5.97 Å². The van der Waals surface area contributed by atoms with Gasteiger partial charge in [-0.2, -0.15) is 0 Å². The molecule has 7 nitrogen and oxygen atoms in total. The maximum absolute atomic E-state index is 10.8. The molecule has 1 unspecified atom stereocenters. The molecule has 0 bridgehead atoms. The monoisotopic (exact) mass is 290 g/mol. The molecule has 2 aromatic rings. The molecule has 1 heterocycles. The van der Waals surface area contributed by atoms with Gasteiger partial charge in [-0.1, -0.05) is 31.5 Å². The third-order valence-corrected chi connectivity index (χ3v) is 3.19. The molecule has 0 aliphatic heterocycles. The number of benzene rings is 1. The summed E-state index contributed by atoms with van der Waals surface area (Å²) in [5.74, 6) is 0.519. The second-order valence-corrected chi connectivity index (χ2v) is 4.75. The van der Waals surface area contributed by atoms with Crippen molar-refractivity contribution < 1.29 is 14.6 Å². The molecule has 1 aromatic heterocycles. The second-order valence-electron chi connectivity index (χ2n) is 4.75. The second kappa shape index (κ2) is 7.37. The van der Waals surface area contributed by atoms with Crippen LogP contribution < -0.4 is 4.74 Å². The Kier molecular flexibility index (Phi) is 5.25. The quantitative estimate of drug-likeness (QED) is 0.796. The van der Waals surface area contributed by atoms with Crippen LogP contribution in [0.25, 0.3) is 0 Å². The lowest BCUT2D eigenvalue weighted by Crippen LogP contribution is -2.18. The van der Waals surface area contributed by atoms with E-state index < -0.39 is 5.97 Å². The van der Waals surface area contributed by atoms with Gasteiger partial charge in [0.1, 0.15) is 12.4 Å². The Morgan fingerprint density at radius 1 is 1.38 bits per heavy atom. The summed E-state index contributed by atoms with van der Waals surface area (Å²) >= 11 is 0.